The molecule has 4 nitrogen and oxygen atoms in total. The minimum absolute atomic E-state index is 0.0274. The van der Waals surface area contributed by atoms with E-state index in [-0.39, 0.29) is 17.2 Å². The fourth-order valence-corrected chi connectivity index (χ4v) is 3.14. The van der Waals surface area contributed by atoms with E-state index in [1.165, 1.54) is 5.57 Å². The molecule has 0 aromatic heterocycles. The van der Waals surface area contributed by atoms with Gasteiger partial charge in [0.2, 0.25) is 5.91 Å². The number of rotatable bonds is 4. The number of nitrogens with one attached hydrogen (secondary N) is 1. The third-order valence-electron chi connectivity index (χ3n) is 4.72. The van der Waals surface area contributed by atoms with Crippen LogP contribution in [0.15, 0.2) is 11.6 Å². The standard InChI is InChI=1S/C16H27NO3/c1-11(2)9-12-13(15(12,3)4)14(18)17-10-16(19)5-7-20-8-6-16/h9,12-13,19H,5-8,10H2,1-4H3,(H,17,18)/t12-,13-/m1/s1. The number of allylic oxidation sites excluding steroid dienone is 2. The first-order chi connectivity index (χ1) is 9.26. The molecule has 1 aliphatic heterocycles. The Morgan fingerprint density at radius 1 is 1.35 bits per heavy atom. The molecule has 2 N–H and O–H groups in total. The first-order valence-electron chi connectivity index (χ1n) is 7.49. The molecule has 114 valence electrons. The molecule has 0 aromatic carbocycles. The van der Waals surface area contributed by atoms with E-state index in [0.29, 0.717) is 38.5 Å². The zero-order valence-electron chi connectivity index (χ0n) is 13.0. The first kappa shape index (κ1) is 15.5. The number of aliphatic hydroxyl groups is 1. The predicted octanol–water partition coefficient (Wildman–Crippen LogP) is 1.88. The third kappa shape index (κ3) is 3.23. The lowest BCUT2D eigenvalue weighted by atomic mass is 9.94. The van der Waals surface area contributed by atoms with Crippen molar-refractivity contribution < 1.29 is 14.6 Å². The van der Waals surface area contributed by atoms with Gasteiger partial charge in [-0.15, -0.1) is 0 Å². The van der Waals surface area contributed by atoms with Gasteiger partial charge in [0.1, 0.15) is 0 Å². The van der Waals surface area contributed by atoms with Crippen molar-refractivity contribution in [1.82, 2.24) is 5.32 Å². The summed E-state index contributed by atoms with van der Waals surface area (Å²) in [6.07, 6.45) is 3.38. The smallest absolute Gasteiger partial charge is 0.224 e. The van der Waals surface area contributed by atoms with E-state index in [2.05, 4.69) is 39.1 Å². The topological polar surface area (TPSA) is 58.6 Å². The molecule has 4 heteroatoms. The number of ether oxygens (including phenoxy) is 1. The van der Waals surface area contributed by atoms with Crippen LogP contribution in [0.2, 0.25) is 0 Å². The van der Waals surface area contributed by atoms with Crippen LogP contribution in [0.5, 0.6) is 0 Å². The molecule has 1 aliphatic carbocycles. The van der Waals surface area contributed by atoms with Crippen molar-refractivity contribution in [3.63, 3.8) is 0 Å². The molecule has 20 heavy (non-hydrogen) atoms. The maximum atomic E-state index is 12.3. The Balaban J connectivity index is 1.88. The van der Waals surface area contributed by atoms with Gasteiger partial charge >= 0.3 is 0 Å². The highest BCUT2D eigenvalue weighted by Crippen LogP contribution is 2.59. The van der Waals surface area contributed by atoms with Gasteiger partial charge in [-0.1, -0.05) is 25.5 Å². The molecule has 1 saturated carbocycles. The molecular weight excluding hydrogens is 254 g/mol. The van der Waals surface area contributed by atoms with Gasteiger partial charge in [-0.2, -0.15) is 0 Å². The summed E-state index contributed by atoms with van der Waals surface area (Å²) in [5, 5.41) is 13.3. The van der Waals surface area contributed by atoms with Gasteiger partial charge in [0.25, 0.3) is 0 Å². The minimum atomic E-state index is -0.793. The molecule has 2 fully saturated rings. The van der Waals surface area contributed by atoms with E-state index in [9.17, 15) is 9.90 Å². The normalized spacial score (nSPS) is 30.4. The fourth-order valence-electron chi connectivity index (χ4n) is 3.14. The van der Waals surface area contributed by atoms with Crippen LogP contribution in [-0.4, -0.2) is 36.4 Å². The average Bonchev–Trinajstić information content (AvgIpc) is 2.88. The van der Waals surface area contributed by atoms with Gasteiger partial charge in [-0.3, -0.25) is 4.79 Å². The molecule has 0 unspecified atom stereocenters. The Labute approximate surface area is 121 Å². The van der Waals surface area contributed by atoms with Gasteiger partial charge in [0, 0.05) is 32.6 Å². The highest BCUT2D eigenvalue weighted by molar-refractivity contribution is 5.83. The van der Waals surface area contributed by atoms with Crippen LogP contribution < -0.4 is 5.32 Å². The van der Waals surface area contributed by atoms with Crippen molar-refractivity contribution in [1.29, 1.82) is 0 Å². The zero-order valence-corrected chi connectivity index (χ0v) is 13.0. The Morgan fingerprint density at radius 3 is 2.50 bits per heavy atom. The lowest BCUT2D eigenvalue weighted by Crippen LogP contribution is -2.47. The summed E-state index contributed by atoms with van der Waals surface area (Å²) < 4.78 is 5.24. The summed E-state index contributed by atoms with van der Waals surface area (Å²) in [4.78, 5) is 12.3. The Bertz CT molecular complexity index is 404. The lowest BCUT2D eigenvalue weighted by Gasteiger charge is -2.32. The highest BCUT2D eigenvalue weighted by atomic mass is 16.5. The average molecular weight is 281 g/mol. The molecule has 0 bridgehead atoms. The quantitative estimate of drug-likeness (QED) is 0.774. The molecule has 2 aliphatic rings. The van der Waals surface area contributed by atoms with Crippen molar-refractivity contribution >= 4 is 5.91 Å². The largest absolute Gasteiger partial charge is 0.388 e. The lowest BCUT2D eigenvalue weighted by molar-refractivity contribution is -0.125. The van der Waals surface area contributed by atoms with Crippen LogP contribution >= 0.6 is 0 Å². The Hall–Kier alpha value is -0.870. The molecule has 0 radical (unpaired) electrons. The number of carbonyl (C=O) groups excluding carboxylic acids is 1. The predicted molar refractivity (Wildman–Crippen MR) is 78.2 cm³/mol. The van der Waals surface area contributed by atoms with E-state index < -0.39 is 5.60 Å². The summed E-state index contributed by atoms with van der Waals surface area (Å²) in [5.41, 5.74) is 0.486. The SMILES string of the molecule is CC(C)=C[C@@H]1[C@H](C(=O)NCC2(O)CCOCC2)C1(C)C. The third-order valence-corrected chi connectivity index (χ3v) is 4.72. The number of hydrogen-bond acceptors (Lipinski definition) is 3. The van der Waals surface area contributed by atoms with Crippen molar-refractivity contribution in [2.75, 3.05) is 19.8 Å². The summed E-state index contributed by atoms with van der Waals surface area (Å²) >= 11 is 0. The monoisotopic (exact) mass is 281 g/mol. The second-order valence-electron chi connectivity index (χ2n) is 7.12. The number of carbonyl (C=O) groups is 1. The van der Waals surface area contributed by atoms with Gasteiger partial charge in [0.15, 0.2) is 0 Å². The second-order valence-corrected chi connectivity index (χ2v) is 7.12. The fraction of sp³-hybridized carbons (Fsp3) is 0.812. The molecule has 0 spiro atoms. The van der Waals surface area contributed by atoms with E-state index in [1.54, 1.807) is 0 Å². The summed E-state index contributed by atoms with van der Waals surface area (Å²) in [5.74, 6) is 0.412. The summed E-state index contributed by atoms with van der Waals surface area (Å²) in [6, 6.07) is 0. The molecular formula is C16H27NO3. The Kier molecular flexibility index (Phi) is 4.26. The maximum absolute atomic E-state index is 12.3. The molecule has 2 rings (SSSR count). The van der Waals surface area contributed by atoms with Crippen LogP contribution in [0.25, 0.3) is 0 Å². The van der Waals surface area contributed by atoms with E-state index in [0.717, 1.165) is 0 Å². The first-order valence-corrected chi connectivity index (χ1v) is 7.49. The molecule has 2 atom stereocenters. The summed E-state index contributed by atoms with van der Waals surface area (Å²) in [6.45, 7) is 9.87. The van der Waals surface area contributed by atoms with Gasteiger partial charge < -0.3 is 15.2 Å². The maximum Gasteiger partial charge on any atom is 0.224 e. The van der Waals surface area contributed by atoms with Crippen LogP contribution in [0.4, 0.5) is 0 Å². The van der Waals surface area contributed by atoms with E-state index in [4.69, 9.17) is 4.74 Å². The van der Waals surface area contributed by atoms with Crippen LogP contribution in [0, 0.1) is 17.3 Å². The Morgan fingerprint density at radius 2 is 1.95 bits per heavy atom. The van der Waals surface area contributed by atoms with E-state index >= 15 is 0 Å². The molecule has 0 aromatic rings. The summed E-state index contributed by atoms with van der Waals surface area (Å²) in [7, 11) is 0. The van der Waals surface area contributed by atoms with Crippen LogP contribution in [0.1, 0.15) is 40.5 Å². The minimum Gasteiger partial charge on any atom is -0.388 e. The molecule has 1 amide bonds. The molecule has 1 heterocycles. The van der Waals surface area contributed by atoms with Crippen molar-refractivity contribution in [2.45, 2.75) is 46.1 Å². The molecule has 1 saturated heterocycles. The second kappa shape index (κ2) is 5.49. The van der Waals surface area contributed by atoms with Crippen molar-refractivity contribution in [3.8, 4) is 0 Å². The van der Waals surface area contributed by atoms with Crippen molar-refractivity contribution in [2.24, 2.45) is 17.3 Å². The number of amides is 1. The zero-order chi connectivity index (χ0) is 15.0. The van der Waals surface area contributed by atoms with Gasteiger partial charge in [-0.25, -0.2) is 0 Å². The van der Waals surface area contributed by atoms with Crippen molar-refractivity contribution in [3.05, 3.63) is 11.6 Å². The highest BCUT2D eigenvalue weighted by Gasteiger charge is 2.60. The van der Waals surface area contributed by atoms with E-state index in [1.807, 2.05) is 0 Å². The van der Waals surface area contributed by atoms with Gasteiger partial charge in [-0.05, 0) is 25.2 Å². The van der Waals surface area contributed by atoms with Crippen LogP contribution in [-0.2, 0) is 9.53 Å². The van der Waals surface area contributed by atoms with Gasteiger partial charge in [0.05, 0.1) is 11.5 Å². The van der Waals surface area contributed by atoms with Crippen LogP contribution in [0.3, 0.4) is 0 Å². The number of hydrogen-bond donors (Lipinski definition) is 2.